The minimum atomic E-state index is -1.65. The molecule has 2 aliphatic rings. The van der Waals surface area contributed by atoms with Crippen LogP contribution in [0.25, 0.3) is 0 Å². The van der Waals surface area contributed by atoms with Crippen LogP contribution in [-0.4, -0.2) is 146 Å². The van der Waals surface area contributed by atoms with Gasteiger partial charge in [0.15, 0.2) is 0 Å². The summed E-state index contributed by atoms with van der Waals surface area (Å²) in [5.41, 5.74) is 7.47. The monoisotopic (exact) mass is 774 g/mol. The average Bonchev–Trinajstić information content (AvgIpc) is 3.65. The number of nitrogens with one attached hydrogen (secondary N) is 4. The minimum Gasteiger partial charge on any atom is -0.508 e. The summed E-state index contributed by atoms with van der Waals surface area (Å²) >= 11 is 1.46. The highest BCUT2D eigenvalue weighted by molar-refractivity contribution is 7.98. The summed E-state index contributed by atoms with van der Waals surface area (Å²) in [7, 11) is 0. The van der Waals surface area contributed by atoms with E-state index in [-0.39, 0.29) is 38.0 Å². The van der Waals surface area contributed by atoms with E-state index in [1.165, 1.54) is 28.8 Å². The van der Waals surface area contributed by atoms with Crippen molar-refractivity contribution < 1.29 is 54.2 Å². The van der Waals surface area contributed by atoms with Crippen molar-refractivity contribution in [3.63, 3.8) is 0 Å². The summed E-state index contributed by atoms with van der Waals surface area (Å²) in [6.07, 6.45) is -4.29. The highest BCUT2D eigenvalue weighted by Gasteiger charge is 2.49. The van der Waals surface area contributed by atoms with E-state index in [0.29, 0.717) is 23.3 Å². The van der Waals surface area contributed by atoms with Gasteiger partial charge in [-0.15, -0.1) is 0 Å². The van der Waals surface area contributed by atoms with Gasteiger partial charge in [-0.05, 0) is 61.0 Å². The smallest absolute Gasteiger partial charge is 0.249 e. The number of carbonyl (C=O) groups excluding carboxylic acids is 5. The molecule has 18 heteroatoms. The number of likely N-dealkylation sites (tertiary alicyclic amines) is 1. The van der Waals surface area contributed by atoms with E-state index in [1.807, 2.05) is 6.26 Å². The second-order valence-corrected chi connectivity index (χ2v) is 14.3. The summed E-state index contributed by atoms with van der Waals surface area (Å²) in [5.74, 6) is -2.96. The van der Waals surface area contributed by atoms with Crippen molar-refractivity contribution in [2.75, 3.05) is 31.7 Å². The number of nitrogens with zero attached hydrogens (tertiary/aromatic N) is 1. The van der Waals surface area contributed by atoms with Gasteiger partial charge in [-0.3, -0.25) is 34.2 Å². The van der Waals surface area contributed by atoms with Crippen LogP contribution in [0.4, 0.5) is 0 Å². The van der Waals surface area contributed by atoms with Crippen molar-refractivity contribution in [3.05, 3.63) is 65.7 Å². The van der Waals surface area contributed by atoms with E-state index in [1.54, 1.807) is 42.5 Å². The highest BCUT2D eigenvalue weighted by atomic mass is 32.2. The quantitative estimate of drug-likeness (QED) is 0.0781. The van der Waals surface area contributed by atoms with Gasteiger partial charge in [0.1, 0.15) is 48.5 Å². The number of phenolic OH excluding ortho intramolecular Hbond substituents is 1. The fourth-order valence-electron chi connectivity index (χ4n) is 6.38. The number of rotatable bonds is 17. The zero-order valence-corrected chi connectivity index (χ0v) is 30.7. The van der Waals surface area contributed by atoms with E-state index in [4.69, 9.17) is 10.5 Å². The molecule has 0 aromatic heterocycles. The lowest BCUT2D eigenvalue weighted by atomic mass is 9.97. The zero-order chi connectivity index (χ0) is 39.4. The fraction of sp³-hybridized carbons (Fsp3) is 0.528. The fourth-order valence-corrected chi connectivity index (χ4v) is 6.85. The van der Waals surface area contributed by atoms with Crippen LogP contribution in [0.3, 0.4) is 0 Å². The van der Waals surface area contributed by atoms with Gasteiger partial charge in [0.2, 0.25) is 29.5 Å². The Morgan fingerprint density at radius 2 is 1.57 bits per heavy atom. The molecule has 0 saturated carbocycles. The van der Waals surface area contributed by atoms with Gasteiger partial charge in [0.05, 0.1) is 25.2 Å². The van der Waals surface area contributed by atoms with Gasteiger partial charge < -0.3 is 52.0 Å². The molecule has 2 aromatic rings. The second kappa shape index (κ2) is 20.5. The number of aromatic hydroxyl groups is 1. The van der Waals surface area contributed by atoms with Crippen LogP contribution >= 0.6 is 11.8 Å². The molecule has 2 aliphatic heterocycles. The Morgan fingerprint density at radius 3 is 2.24 bits per heavy atom. The van der Waals surface area contributed by atoms with Crippen LogP contribution in [0.15, 0.2) is 54.6 Å². The molecular formula is C36H50N6O11S. The van der Waals surface area contributed by atoms with Crippen LogP contribution in [0.1, 0.15) is 30.4 Å². The van der Waals surface area contributed by atoms with Crippen molar-refractivity contribution in [1.29, 1.82) is 0 Å². The molecular weight excluding hydrogens is 724 g/mol. The Kier molecular flexibility index (Phi) is 16.2. The number of hydrogen-bond donors (Lipinski definition) is 10. The van der Waals surface area contributed by atoms with Crippen LogP contribution < -0.4 is 27.0 Å². The summed E-state index contributed by atoms with van der Waals surface area (Å²) in [5, 5.41) is 60.3. The SMILES string of the molecule is CSCC[C@@H](NC(=O)[C@@H](N)Cc1ccc(O)cc1)C(=O)NCC(=O)N[C@@H](Cc1ccccc1)C(=O)NC(=O)[C@@H]1CCCN1[C@@H]1O[C@H](CO)[C@@H](O)[C@H](O)[C@H]1O. The van der Waals surface area contributed by atoms with Crippen molar-refractivity contribution in [3.8, 4) is 5.75 Å². The van der Waals surface area contributed by atoms with E-state index < -0.39 is 97.5 Å². The van der Waals surface area contributed by atoms with E-state index in [9.17, 15) is 49.5 Å². The van der Waals surface area contributed by atoms with Gasteiger partial charge in [-0.1, -0.05) is 42.5 Å². The Morgan fingerprint density at radius 1 is 0.889 bits per heavy atom. The second-order valence-electron chi connectivity index (χ2n) is 13.3. The molecule has 2 fully saturated rings. The first-order valence-electron chi connectivity index (χ1n) is 17.7. The molecule has 2 aromatic carbocycles. The molecule has 5 amide bonds. The predicted molar refractivity (Wildman–Crippen MR) is 196 cm³/mol. The molecule has 2 heterocycles. The molecule has 0 spiro atoms. The number of phenols is 1. The molecule has 54 heavy (non-hydrogen) atoms. The number of amides is 5. The third-order valence-electron chi connectivity index (χ3n) is 9.37. The maximum absolute atomic E-state index is 13.6. The lowest BCUT2D eigenvalue weighted by Gasteiger charge is -2.44. The molecule has 0 aliphatic carbocycles. The van der Waals surface area contributed by atoms with E-state index in [2.05, 4.69) is 21.3 Å². The maximum Gasteiger partial charge on any atom is 0.249 e. The van der Waals surface area contributed by atoms with Crippen molar-refractivity contribution in [1.82, 2.24) is 26.2 Å². The lowest BCUT2D eigenvalue weighted by Crippen LogP contribution is -2.65. The molecule has 17 nitrogen and oxygen atoms in total. The summed E-state index contributed by atoms with van der Waals surface area (Å²) < 4.78 is 5.65. The van der Waals surface area contributed by atoms with Crippen LogP contribution in [0.5, 0.6) is 5.75 Å². The number of imide groups is 1. The number of aliphatic hydroxyl groups excluding tert-OH is 4. The first kappa shape index (κ1) is 42.6. The van der Waals surface area contributed by atoms with Crippen molar-refractivity contribution in [2.45, 2.75) is 86.9 Å². The number of thioether (sulfide) groups is 1. The predicted octanol–water partition coefficient (Wildman–Crippen LogP) is -2.75. The standard InChI is InChI=1S/C36H50N6O11S/c1-54-15-13-24(40-32(49)23(37)16-21-9-11-22(44)12-10-21)33(50)38-18-28(45)39-25(17-20-6-3-2-4-7-20)34(51)41-35(52)26-8-5-14-42(26)36-31(48)30(47)29(46)27(19-43)53-36/h2-4,6-7,9-12,23-27,29-31,36,43-44,46-48H,5,8,13-19,37H2,1H3,(H,38,50)(H,39,45)(H,40,49)(H,41,51,52)/t23-,24+,25-,26-,27+,29+,30-,31+,36+/m0/s1. The minimum absolute atomic E-state index is 0.00788. The Bertz CT molecular complexity index is 1570. The van der Waals surface area contributed by atoms with Gasteiger partial charge in [0, 0.05) is 13.0 Å². The Balaban J connectivity index is 1.38. The zero-order valence-electron chi connectivity index (χ0n) is 29.9. The van der Waals surface area contributed by atoms with Gasteiger partial charge in [-0.25, -0.2) is 0 Å². The Labute approximate surface area is 317 Å². The number of carbonyl (C=O) groups is 5. The molecule has 296 valence electrons. The number of nitrogens with two attached hydrogens (primary N) is 1. The summed E-state index contributed by atoms with van der Waals surface area (Å²) in [6.45, 7) is -0.943. The number of benzene rings is 2. The number of aliphatic hydroxyl groups is 4. The van der Waals surface area contributed by atoms with Crippen LogP contribution in [-0.2, 0) is 41.6 Å². The molecule has 11 N–H and O–H groups in total. The number of hydrogen-bond acceptors (Lipinski definition) is 14. The average molecular weight is 775 g/mol. The first-order valence-corrected chi connectivity index (χ1v) is 19.1. The largest absolute Gasteiger partial charge is 0.508 e. The summed E-state index contributed by atoms with van der Waals surface area (Å²) in [6, 6.07) is 10.7. The normalized spacial score (nSPS) is 24.5. The summed E-state index contributed by atoms with van der Waals surface area (Å²) in [4.78, 5) is 67.8. The topological polar surface area (TPSA) is 273 Å². The van der Waals surface area contributed by atoms with Crippen LogP contribution in [0, 0.1) is 0 Å². The van der Waals surface area contributed by atoms with Crippen molar-refractivity contribution >= 4 is 41.3 Å². The molecule has 2 saturated heterocycles. The third-order valence-corrected chi connectivity index (χ3v) is 10.0. The number of ether oxygens (including phenoxy) is 1. The van der Waals surface area contributed by atoms with Gasteiger partial charge in [0.25, 0.3) is 0 Å². The van der Waals surface area contributed by atoms with Crippen LogP contribution in [0.2, 0.25) is 0 Å². The molecule has 0 radical (unpaired) electrons. The lowest BCUT2D eigenvalue weighted by molar-refractivity contribution is -0.266. The molecule has 0 bridgehead atoms. The Hall–Kier alpha value is -4.14. The third kappa shape index (κ3) is 11.7. The van der Waals surface area contributed by atoms with Crippen molar-refractivity contribution in [2.24, 2.45) is 5.73 Å². The molecule has 4 rings (SSSR count). The van der Waals surface area contributed by atoms with E-state index in [0.717, 1.165) is 0 Å². The highest BCUT2D eigenvalue weighted by Crippen LogP contribution is 2.29. The molecule has 0 unspecified atom stereocenters. The van der Waals surface area contributed by atoms with E-state index >= 15 is 0 Å². The maximum atomic E-state index is 13.6. The van der Waals surface area contributed by atoms with Gasteiger partial charge in [-0.2, -0.15) is 11.8 Å². The molecule has 9 atom stereocenters. The van der Waals surface area contributed by atoms with Gasteiger partial charge >= 0.3 is 0 Å². The first-order chi connectivity index (χ1) is 25.8.